The van der Waals surface area contributed by atoms with Gasteiger partial charge in [0.2, 0.25) is 5.95 Å². The van der Waals surface area contributed by atoms with E-state index < -0.39 is 5.60 Å². The quantitative estimate of drug-likeness (QED) is 0.408. The minimum atomic E-state index is -0.932. The zero-order valence-electron chi connectivity index (χ0n) is 15.5. The lowest BCUT2D eigenvalue weighted by Crippen LogP contribution is -2.29. The Morgan fingerprint density at radius 2 is 2.04 bits per heavy atom. The highest BCUT2D eigenvalue weighted by molar-refractivity contribution is 6.07. The number of para-hydroxylation sites is 1. The summed E-state index contributed by atoms with van der Waals surface area (Å²) in [6.07, 6.45) is 0.963. The van der Waals surface area contributed by atoms with Gasteiger partial charge < -0.3 is 14.6 Å². The maximum Gasteiger partial charge on any atom is 0.206 e. The Balaban J connectivity index is 2.44. The molecule has 2 aromatic heterocycles. The maximum atomic E-state index is 10.5. The van der Waals surface area contributed by atoms with Gasteiger partial charge in [0.1, 0.15) is 5.52 Å². The van der Waals surface area contributed by atoms with E-state index in [0.717, 1.165) is 35.3 Å². The van der Waals surface area contributed by atoms with Gasteiger partial charge in [0, 0.05) is 23.9 Å². The Hall–Kier alpha value is -2.83. The number of imidazole rings is 1. The number of azide groups is 1. The van der Waals surface area contributed by atoms with Crippen LogP contribution in [0.25, 0.3) is 32.4 Å². The molecule has 3 rings (SSSR count). The van der Waals surface area contributed by atoms with Gasteiger partial charge in [0.05, 0.1) is 23.2 Å². The van der Waals surface area contributed by atoms with Crippen molar-refractivity contribution < 1.29 is 5.11 Å². The van der Waals surface area contributed by atoms with Gasteiger partial charge in [-0.3, -0.25) is 0 Å². The largest absolute Gasteiger partial charge is 0.389 e. The summed E-state index contributed by atoms with van der Waals surface area (Å²) in [5.74, 6) is 0.971. The molecular weight excluding hydrogens is 330 g/mol. The van der Waals surface area contributed by atoms with Crippen molar-refractivity contribution in [2.75, 3.05) is 18.5 Å². The van der Waals surface area contributed by atoms with Crippen LogP contribution in [-0.4, -0.2) is 38.8 Å². The molecule has 0 unspecified atom stereocenters. The molecule has 8 nitrogen and oxygen atoms in total. The zero-order valence-corrected chi connectivity index (χ0v) is 15.5. The molecule has 0 saturated heterocycles. The molecule has 0 atom stereocenters. The van der Waals surface area contributed by atoms with Crippen LogP contribution in [-0.2, 0) is 6.54 Å². The van der Waals surface area contributed by atoms with E-state index in [1.165, 1.54) is 0 Å². The van der Waals surface area contributed by atoms with Crippen LogP contribution in [0.2, 0.25) is 0 Å². The fourth-order valence-corrected chi connectivity index (χ4v) is 3.18. The monoisotopic (exact) mass is 353 g/mol. The first-order valence-corrected chi connectivity index (χ1v) is 8.63. The summed E-state index contributed by atoms with van der Waals surface area (Å²) in [6, 6.07) is 7.67. The summed E-state index contributed by atoms with van der Waals surface area (Å²) >= 11 is 0. The van der Waals surface area contributed by atoms with Gasteiger partial charge in [-0.05, 0) is 37.0 Å². The minimum absolute atomic E-state index is 0.252. The average Bonchev–Trinajstić information content (AvgIpc) is 2.94. The van der Waals surface area contributed by atoms with Gasteiger partial charge in [-0.1, -0.05) is 25.1 Å². The SMILES string of the molecule is CCCN(C)c1nc2c(N=[N+]=[N-])nc3ccccc3c2n1CC(C)(C)O. The van der Waals surface area contributed by atoms with E-state index in [2.05, 4.69) is 21.9 Å². The first kappa shape index (κ1) is 18.0. The number of aliphatic hydroxyl groups is 1. The van der Waals surface area contributed by atoms with E-state index in [0.29, 0.717) is 12.1 Å². The van der Waals surface area contributed by atoms with Crippen molar-refractivity contribution in [1.82, 2.24) is 14.5 Å². The highest BCUT2D eigenvalue weighted by Crippen LogP contribution is 2.35. The molecule has 8 heteroatoms. The van der Waals surface area contributed by atoms with Crippen LogP contribution >= 0.6 is 0 Å². The Morgan fingerprint density at radius 1 is 1.31 bits per heavy atom. The van der Waals surface area contributed by atoms with Crippen LogP contribution in [0.15, 0.2) is 29.4 Å². The third-order valence-electron chi connectivity index (χ3n) is 4.13. The van der Waals surface area contributed by atoms with E-state index in [1.807, 2.05) is 40.8 Å². The van der Waals surface area contributed by atoms with Gasteiger partial charge in [0.15, 0.2) is 5.82 Å². The van der Waals surface area contributed by atoms with Gasteiger partial charge >= 0.3 is 0 Å². The number of benzene rings is 1. The Bertz CT molecular complexity index is 996. The smallest absolute Gasteiger partial charge is 0.206 e. The number of hydrogen-bond acceptors (Lipinski definition) is 5. The van der Waals surface area contributed by atoms with Crippen molar-refractivity contribution in [2.24, 2.45) is 5.11 Å². The number of pyridine rings is 1. The number of aromatic nitrogens is 3. The number of hydrogen-bond donors (Lipinski definition) is 1. The van der Waals surface area contributed by atoms with Crippen molar-refractivity contribution in [3.63, 3.8) is 0 Å². The first-order valence-electron chi connectivity index (χ1n) is 8.63. The van der Waals surface area contributed by atoms with Crippen molar-refractivity contribution in [3.05, 3.63) is 34.7 Å². The highest BCUT2D eigenvalue weighted by atomic mass is 16.3. The fourth-order valence-electron chi connectivity index (χ4n) is 3.18. The molecule has 0 fully saturated rings. The Morgan fingerprint density at radius 3 is 2.69 bits per heavy atom. The lowest BCUT2D eigenvalue weighted by molar-refractivity contribution is 0.0631. The van der Waals surface area contributed by atoms with E-state index >= 15 is 0 Å². The minimum Gasteiger partial charge on any atom is -0.389 e. The van der Waals surface area contributed by atoms with Gasteiger partial charge in [-0.15, -0.1) is 0 Å². The molecule has 0 radical (unpaired) electrons. The lowest BCUT2D eigenvalue weighted by Gasteiger charge is -2.24. The maximum absolute atomic E-state index is 10.5. The molecular formula is C18H23N7O. The molecule has 0 amide bonds. The number of fused-ring (bicyclic) bond motifs is 3. The molecule has 0 aliphatic rings. The molecule has 0 saturated carbocycles. The molecule has 0 bridgehead atoms. The van der Waals surface area contributed by atoms with E-state index in [4.69, 9.17) is 10.5 Å². The first-order chi connectivity index (χ1) is 12.4. The average molecular weight is 353 g/mol. The standard InChI is InChI=1S/C18H23N7O/c1-5-10-24(4)17-21-14-15(25(17)11-18(2,3)26)12-8-6-7-9-13(12)20-16(14)22-23-19/h6-9,26H,5,10-11H2,1-4H3. The molecule has 1 N–H and O–H groups in total. The summed E-state index contributed by atoms with van der Waals surface area (Å²) < 4.78 is 1.99. The third kappa shape index (κ3) is 3.29. The predicted octanol–water partition coefficient (Wildman–Crippen LogP) is 4.14. The molecule has 1 aromatic carbocycles. The van der Waals surface area contributed by atoms with Crippen LogP contribution in [0.1, 0.15) is 27.2 Å². The summed E-state index contributed by atoms with van der Waals surface area (Å²) in [4.78, 5) is 14.2. The van der Waals surface area contributed by atoms with E-state index in [1.54, 1.807) is 13.8 Å². The lowest BCUT2D eigenvalue weighted by atomic mass is 10.1. The van der Waals surface area contributed by atoms with Crippen LogP contribution in [0.5, 0.6) is 0 Å². The van der Waals surface area contributed by atoms with Gasteiger partial charge in [-0.25, -0.2) is 9.97 Å². The zero-order chi connectivity index (χ0) is 18.9. The molecule has 0 aliphatic heterocycles. The van der Waals surface area contributed by atoms with Crippen LogP contribution in [0, 0.1) is 0 Å². The van der Waals surface area contributed by atoms with Gasteiger partial charge in [-0.2, -0.15) is 0 Å². The van der Waals surface area contributed by atoms with Crippen molar-refractivity contribution in [1.29, 1.82) is 0 Å². The molecule has 3 aromatic rings. The van der Waals surface area contributed by atoms with Gasteiger partial charge in [0.25, 0.3) is 0 Å². The van der Waals surface area contributed by atoms with Crippen LogP contribution in [0.4, 0.5) is 11.8 Å². The highest BCUT2D eigenvalue weighted by Gasteiger charge is 2.24. The molecule has 2 heterocycles. The van der Waals surface area contributed by atoms with E-state index in [9.17, 15) is 5.11 Å². The Labute approximate surface area is 151 Å². The number of rotatable bonds is 6. The second-order valence-corrected chi connectivity index (χ2v) is 7.07. The van der Waals surface area contributed by atoms with Crippen molar-refractivity contribution in [2.45, 2.75) is 39.3 Å². The predicted molar refractivity (Wildman–Crippen MR) is 104 cm³/mol. The summed E-state index contributed by atoms with van der Waals surface area (Å²) in [6.45, 7) is 6.80. The third-order valence-corrected chi connectivity index (χ3v) is 4.13. The second-order valence-electron chi connectivity index (χ2n) is 7.07. The normalized spacial score (nSPS) is 11.7. The van der Waals surface area contributed by atoms with E-state index in [-0.39, 0.29) is 5.82 Å². The molecule has 0 aliphatic carbocycles. The number of nitrogens with zero attached hydrogens (tertiary/aromatic N) is 7. The second kappa shape index (κ2) is 6.82. The Kier molecular flexibility index (Phi) is 4.71. The molecule has 0 spiro atoms. The molecule has 26 heavy (non-hydrogen) atoms. The number of anilines is 1. The summed E-state index contributed by atoms with van der Waals surface area (Å²) in [5.41, 5.74) is 10.1. The molecule has 136 valence electrons. The van der Waals surface area contributed by atoms with Crippen LogP contribution in [0.3, 0.4) is 0 Å². The summed E-state index contributed by atoms with van der Waals surface area (Å²) in [7, 11) is 1.97. The summed E-state index contributed by atoms with van der Waals surface area (Å²) in [5, 5.41) is 15.1. The van der Waals surface area contributed by atoms with Crippen molar-refractivity contribution >= 4 is 33.7 Å². The topological polar surface area (TPSA) is 103 Å². The van der Waals surface area contributed by atoms with Crippen LogP contribution < -0.4 is 4.90 Å². The van der Waals surface area contributed by atoms with Crippen molar-refractivity contribution in [3.8, 4) is 0 Å². The fraction of sp³-hybridized carbons (Fsp3) is 0.444.